The molecule has 1 N–H and O–H groups in total. The Morgan fingerprint density at radius 2 is 1.97 bits per heavy atom. The van der Waals surface area contributed by atoms with Crippen molar-refractivity contribution in [3.63, 3.8) is 0 Å². The topological polar surface area (TPSA) is 108 Å². The second-order valence-corrected chi connectivity index (χ2v) is 10.6. The van der Waals surface area contributed by atoms with Gasteiger partial charge in [-0.05, 0) is 38.5 Å². The molecule has 168 valence electrons. The van der Waals surface area contributed by atoms with Gasteiger partial charge in [0.2, 0.25) is 0 Å². The van der Waals surface area contributed by atoms with Crippen LogP contribution in [0.4, 0.5) is 0 Å². The lowest BCUT2D eigenvalue weighted by Crippen LogP contribution is -2.39. The molecule has 0 radical (unpaired) electrons. The van der Waals surface area contributed by atoms with Crippen LogP contribution in [0.3, 0.4) is 0 Å². The van der Waals surface area contributed by atoms with Crippen molar-refractivity contribution in [2.45, 2.75) is 68.4 Å². The lowest BCUT2D eigenvalue weighted by Gasteiger charge is -2.31. The second-order valence-electron chi connectivity index (χ2n) is 8.81. The number of ether oxygens (including phenoxy) is 3. The Morgan fingerprint density at radius 1 is 1.23 bits per heavy atom. The molecule has 4 aliphatic rings. The highest BCUT2D eigenvalue weighted by Gasteiger charge is 2.65. The maximum Gasteiger partial charge on any atom is 0.309 e. The van der Waals surface area contributed by atoms with Crippen LogP contribution >= 0.6 is 0 Å². The van der Waals surface area contributed by atoms with E-state index in [1.54, 1.807) is 6.08 Å². The van der Waals surface area contributed by atoms with E-state index in [1.807, 2.05) is 0 Å². The van der Waals surface area contributed by atoms with Gasteiger partial charge in [0.05, 0.1) is 30.5 Å². The standard InChI is InChI=1S/C21H30O8S/c1-3-8-26-11-12(2)20(22)27-15-6-4-13(5-7-15)21(23)28-18-14-9-16-17(10-14)30(24,25)29-19(16)18/h3,13-20,22H,1-2,4-11H2. The van der Waals surface area contributed by atoms with Gasteiger partial charge < -0.3 is 19.3 Å². The second kappa shape index (κ2) is 8.70. The Balaban J connectivity index is 1.22. The monoisotopic (exact) mass is 442 g/mol. The van der Waals surface area contributed by atoms with Gasteiger partial charge in [0.15, 0.2) is 6.29 Å². The van der Waals surface area contributed by atoms with E-state index in [0.29, 0.717) is 44.3 Å². The fourth-order valence-corrected chi connectivity index (χ4v) is 7.21. The van der Waals surface area contributed by atoms with Crippen LogP contribution in [-0.4, -0.2) is 62.6 Å². The molecular formula is C21H30O8S. The molecule has 0 aromatic carbocycles. The zero-order valence-corrected chi connectivity index (χ0v) is 17.8. The number of carbonyl (C=O) groups excluding carboxylic acids is 1. The normalized spacial score (nSPS) is 39.6. The minimum atomic E-state index is -3.51. The molecule has 3 aliphatic carbocycles. The Hall–Kier alpha value is -1.26. The van der Waals surface area contributed by atoms with Crippen molar-refractivity contribution >= 4 is 16.1 Å². The summed E-state index contributed by atoms with van der Waals surface area (Å²) < 4.78 is 46.0. The third kappa shape index (κ3) is 4.23. The van der Waals surface area contributed by atoms with Crippen LogP contribution in [0.1, 0.15) is 38.5 Å². The van der Waals surface area contributed by atoms with Crippen molar-refractivity contribution in [3.8, 4) is 0 Å². The number of aliphatic hydroxyl groups excluding tert-OH is 1. The van der Waals surface area contributed by atoms with E-state index in [-0.39, 0.29) is 36.4 Å². The van der Waals surface area contributed by atoms with Crippen LogP contribution < -0.4 is 0 Å². The van der Waals surface area contributed by atoms with Crippen molar-refractivity contribution in [2.24, 2.45) is 17.8 Å². The van der Waals surface area contributed by atoms with Crippen molar-refractivity contribution in [3.05, 3.63) is 24.8 Å². The first kappa shape index (κ1) is 22.0. The Morgan fingerprint density at radius 3 is 2.67 bits per heavy atom. The number of fused-ring (bicyclic) bond motifs is 1. The maximum atomic E-state index is 12.7. The molecular weight excluding hydrogens is 412 g/mol. The number of hydrogen-bond acceptors (Lipinski definition) is 8. The summed E-state index contributed by atoms with van der Waals surface area (Å²) in [6, 6.07) is 0. The van der Waals surface area contributed by atoms with E-state index in [4.69, 9.17) is 18.4 Å². The molecule has 1 aliphatic heterocycles. The largest absolute Gasteiger partial charge is 0.459 e. The molecule has 0 aromatic rings. The molecule has 0 spiro atoms. The van der Waals surface area contributed by atoms with E-state index < -0.39 is 33.9 Å². The van der Waals surface area contributed by atoms with Crippen LogP contribution in [0.5, 0.6) is 0 Å². The SMILES string of the molecule is C=CCOCC(=C)C(O)OC1CCC(C(=O)OC2C3CC4C2OS(=O)(=O)C4C3)CC1. The van der Waals surface area contributed by atoms with Gasteiger partial charge in [-0.25, -0.2) is 0 Å². The van der Waals surface area contributed by atoms with Crippen molar-refractivity contribution in [1.82, 2.24) is 0 Å². The first-order valence-corrected chi connectivity index (χ1v) is 12.1. The van der Waals surface area contributed by atoms with Gasteiger partial charge in [0.25, 0.3) is 10.1 Å². The average molecular weight is 443 g/mol. The molecule has 9 heteroatoms. The van der Waals surface area contributed by atoms with Gasteiger partial charge >= 0.3 is 5.97 Å². The fourth-order valence-electron chi connectivity index (χ4n) is 5.33. The summed E-state index contributed by atoms with van der Waals surface area (Å²) in [5.74, 6) is -0.477. The molecule has 30 heavy (non-hydrogen) atoms. The molecule has 1 saturated heterocycles. The molecule has 6 atom stereocenters. The highest BCUT2D eigenvalue weighted by molar-refractivity contribution is 7.87. The van der Waals surface area contributed by atoms with Crippen molar-refractivity contribution < 1.29 is 36.7 Å². The Kier molecular flexibility index (Phi) is 6.37. The summed E-state index contributed by atoms with van der Waals surface area (Å²) in [6.07, 6.45) is 3.14. The predicted octanol–water partition coefficient (Wildman–Crippen LogP) is 1.69. The number of esters is 1. The number of carbonyl (C=O) groups is 1. The molecule has 1 heterocycles. The first-order chi connectivity index (χ1) is 14.3. The lowest BCUT2D eigenvalue weighted by molar-refractivity contribution is -0.165. The average Bonchev–Trinajstić information content (AvgIpc) is 3.33. The fraction of sp³-hybridized carbons (Fsp3) is 0.762. The van der Waals surface area contributed by atoms with Crippen LogP contribution in [0.25, 0.3) is 0 Å². The molecule has 3 saturated carbocycles. The zero-order chi connectivity index (χ0) is 21.5. The summed E-state index contributed by atoms with van der Waals surface area (Å²) >= 11 is 0. The summed E-state index contributed by atoms with van der Waals surface area (Å²) in [5.41, 5.74) is 0.444. The zero-order valence-electron chi connectivity index (χ0n) is 17.0. The van der Waals surface area contributed by atoms with Crippen LogP contribution in [0.2, 0.25) is 0 Å². The van der Waals surface area contributed by atoms with Crippen molar-refractivity contribution in [2.75, 3.05) is 13.2 Å². The number of aliphatic hydroxyl groups is 1. The van der Waals surface area contributed by atoms with E-state index in [2.05, 4.69) is 13.2 Å². The lowest BCUT2D eigenvalue weighted by atomic mass is 9.87. The Labute approximate surface area is 177 Å². The quantitative estimate of drug-likeness (QED) is 0.189. The predicted molar refractivity (Wildman–Crippen MR) is 107 cm³/mol. The summed E-state index contributed by atoms with van der Waals surface area (Å²) in [5, 5.41) is 9.70. The molecule has 8 nitrogen and oxygen atoms in total. The van der Waals surface area contributed by atoms with Gasteiger partial charge in [0, 0.05) is 17.4 Å². The smallest absolute Gasteiger partial charge is 0.309 e. The number of rotatable bonds is 9. The summed E-state index contributed by atoms with van der Waals surface area (Å²) in [6.45, 7) is 7.90. The van der Waals surface area contributed by atoms with Crippen LogP contribution in [-0.2, 0) is 33.3 Å². The molecule has 0 amide bonds. The highest BCUT2D eigenvalue weighted by atomic mass is 32.2. The molecule has 4 fully saturated rings. The highest BCUT2D eigenvalue weighted by Crippen LogP contribution is 2.55. The third-order valence-corrected chi connectivity index (χ3v) is 8.64. The van der Waals surface area contributed by atoms with Crippen molar-refractivity contribution in [1.29, 1.82) is 0 Å². The third-order valence-electron chi connectivity index (χ3n) is 6.87. The summed E-state index contributed by atoms with van der Waals surface area (Å²) in [7, 11) is -3.51. The van der Waals surface area contributed by atoms with Gasteiger partial charge in [0.1, 0.15) is 12.2 Å². The molecule has 6 unspecified atom stereocenters. The van der Waals surface area contributed by atoms with Gasteiger partial charge in [-0.1, -0.05) is 12.7 Å². The Bertz CT molecular complexity index is 785. The van der Waals surface area contributed by atoms with E-state index >= 15 is 0 Å². The van der Waals surface area contributed by atoms with E-state index in [1.165, 1.54) is 0 Å². The maximum absolute atomic E-state index is 12.7. The molecule has 4 rings (SSSR count). The minimum Gasteiger partial charge on any atom is -0.459 e. The van der Waals surface area contributed by atoms with Crippen LogP contribution in [0.15, 0.2) is 24.8 Å². The molecule has 2 bridgehead atoms. The van der Waals surface area contributed by atoms with Gasteiger partial charge in [-0.3, -0.25) is 8.98 Å². The molecule has 0 aromatic heterocycles. The minimum absolute atomic E-state index is 0.0352. The van der Waals surface area contributed by atoms with Crippen LogP contribution in [0, 0.1) is 17.8 Å². The van der Waals surface area contributed by atoms with E-state index in [9.17, 15) is 18.3 Å². The van der Waals surface area contributed by atoms with E-state index in [0.717, 1.165) is 6.42 Å². The van der Waals surface area contributed by atoms with Gasteiger partial charge in [-0.15, -0.1) is 6.58 Å². The first-order valence-electron chi connectivity index (χ1n) is 10.6. The summed E-state index contributed by atoms with van der Waals surface area (Å²) in [4.78, 5) is 12.7. The van der Waals surface area contributed by atoms with Gasteiger partial charge in [-0.2, -0.15) is 8.42 Å². The number of hydrogen-bond donors (Lipinski definition) is 1.